The molecule has 1 aliphatic carbocycles. The number of aromatic nitrogens is 3. The van der Waals surface area contributed by atoms with Gasteiger partial charge in [-0.3, -0.25) is 19.2 Å². The summed E-state index contributed by atoms with van der Waals surface area (Å²) in [5, 5.41) is 5.28. The Morgan fingerprint density at radius 2 is 1.76 bits per heavy atom. The summed E-state index contributed by atoms with van der Waals surface area (Å²) in [4.78, 5) is 32.8. The fourth-order valence-corrected chi connectivity index (χ4v) is 10.2. The summed E-state index contributed by atoms with van der Waals surface area (Å²) in [5.74, 6) is 0.448. The van der Waals surface area contributed by atoms with Crippen LogP contribution in [0.2, 0.25) is 0 Å². The number of rotatable bonds is 9. The number of carbonyl (C=O) groups is 2. The van der Waals surface area contributed by atoms with Crippen molar-refractivity contribution in [1.82, 2.24) is 28.9 Å². The number of fused-ring (bicyclic) bond motifs is 7. The molecule has 1 saturated carbocycles. The number of likely N-dealkylation sites (tertiary alicyclic amines) is 2. The number of piperazine rings is 1. The zero-order valence-corrected chi connectivity index (χ0v) is 33.1. The summed E-state index contributed by atoms with van der Waals surface area (Å²) in [6.07, 6.45) is 8.85. The van der Waals surface area contributed by atoms with Crippen LogP contribution in [0.4, 0.5) is 0 Å². The molecule has 3 aliphatic heterocycles. The van der Waals surface area contributed by atoms with Gasteiger partial charge in [-0.05, 0) is 113 Å². The Morgan fingerprint density at radius 1 is 0.981 bits per heavy atom. The fourth-order valence-electron chi connectivity index (χ4n) is 9.55. The first-order chi connectivity index (χ1) is 25.9. The van der Waals surface area contributed by atoms with E-state index < -0.39 is 21.2 Å². The molecule has 54 heavy (non-hydrogen) atoms. The maximum atomic E-state index is 14.7. The van der Waals surface area contributed by atoms with Gasteiger partial charge in [-0.2, -0.15) is 5.10 Å². The second-order valence-electron chi connectivity index (χ2n) is 15.8. The number of likely N-dealkylation sites (N-methyl/N-ethyl adjacent to an activating group) is 1. The van der Waals surface area contributed by atoms with Crippen LogP contribution in [-0.4, -0.2) is 88.5 Å². The summed E-state index contributed by atoms with van der Waals surface area (Å²) in [7, 11) is -2.16. The third-order valence-electron chi connectivity index (χ3n) is 12.4. The Morgan fingerprint density at radius 3 is 2.43 bits per heavy atom. The molecule has 8 rings (SSSR count). The third kappa shape index (κ3) is 6.05. The molecule has 3 fully saturated rings. The van der Waals surface area contributed by atoms with E-state index in [0.29, 0.717) is 36.3 Å². The van der Waals surface area contributed by atoms with Crippen LogP contribution in [0, 0.1) is 6.92 Å². The van der Waals surface area contributed by atoms with E-state index in [9.17, 15) is 18.0 Å². The van der Waals surface area contributed by atoms with Gasteiger partial charge in [0.2, 0.25) is 10.0 Å². The quantitative estimate of drug-likeness (QED) is 0.199. The van der Waals surface area contributed by atoms with Crippen LogP contribution < -0.4 is 9.46 Å². The van der Waals surface area contributed by atoms with E-state index in [0.717, 1.165) is 96.5 Å². The Labute approximate surface area is 318 Å². The predicted molar refractivity (Wildman–Crippen MR) is 212 cm³/mol. The zero-order valence-electron chi connectivity index (χ0n) is 32.3. The Hall–Kier alpha value is -4.42. The lowest BCUT2D eigenvalue weighted by Crippen LogP contribution is -2.48. The smallest absolute Gasteiger partial charge is 0.264 e. The maximum absolute atomic E-state index is 14.7. The van der Waals surface area contributed by atoms with Gasteiger partial charge in [-0.25, -0.2) is 13.1 Å². The van der Waals surface area contributed by atoms with E-state index in [-0.39, 0.29) is 17.5 Å². The summed E-state index contributed by atoms with van der Waals surface area (Å²) in [6, 6.07) is 12.4. The minimum atomic E-state index is -3.83. The summed E-state index contributed by atoms with van der Waals surface area (Å²) in [5.41, 5.74) is 8.66. The first kappa shape index (κ1) is 36.6. The molecule has 11 nitrogen and oxygen atoms in total. The molecule has 2 aromatic heterocycles. The Bertz CT molecular complexity index is 2300. The first-order valence-corrected chi connectivity index (χ1v) is 21.2. The third-order valence-corrected chi connectivity index (χ3v) is 14.1. The SMILES string of the molecule is CCN1C[C@@H]2C[C@H]1CN2C(=O)c1c(C)nn(CC)c1C1=Cc2cc(OC)ccc2-c2c(C3CCCCC3)c3ccc(C(=O)NS(=O)(=O)C(C)C)cc3n2C1. The monoisotopic (exact) mass is 752 g/mol. The average molecular weight is 753 g/mol. The number of amides is 2. The molecule has 2 atom stereocenters. The van der Waals surface area contributed by atoms with E-state index in [1.54, 1.807) is 27.0 Å². The van der Waals surface area contributed by atoms with Gasteiger partial charge < -0.3 is 14.2 Å². The zero-order chi connectivity index (χ0) is 38.1. The minimum absolute atomic E-state index is 0.0345. The summed E-state index contributed by atoms with van der Waals surface area (Å²) < 4.78 is 37.9. The lowest BCUT2D eigenvalue weighted by molar-refractivity contribution is 0.0629. The number of aryl methyl sites for hydroxylation is 2. The Balaban J connectivity index is 1.33. The average Bonchev–Trinajstić information content (AvgIpc) is 3.92. The number of ether oxygens (including phenoxy) is 1. The molecule has 2 bridgehead atoms. The number of nitrogens with one attached hydrogen (secondary N) is 1. The molecule has 0 unspecified atom stereocenters. The standard InChI is InChI=1S/C42H52N6O5S/c1-7-45-23-32-21-31(45)24-46(32)42(50)37-26(5)43-48(8-2)39(37)30-18-29-19-33(53-6)15-17-34(29)40-38(27-12-10-9-11-13-27)35-16-14-28(20-36(35)47(40)22-30)41(49)44-54(51,52)25(3)4/h14-20,25,27,31-32H,7-13,21-24H2,1-6H3,(H,44,49)/t31-,32-/m0/s1. The largest absolute Gasteiger partial charge is 0.497 e. The van der Waals surface area contributed by atoms with Crippen LogP contribution in [0.25, 0.3) is 33.8 Å². The van der Waals surface area contributed by atoms with Crippen LogP contribution in [0.5, 0.6) is 5.75 Å². The topological polar surface area (TPSA) is 119 Å². The highest BCUT2D eigenvalue weighted by Crippen LogP contribution is 2.48. The van der Waals surface area contributed by atoms with E-state index in [2.05, 4.69) is 51.1 Å². The summed E-state index contributed by atoms with van der Waals surface area (Å²) in [6.45, 7) is 12.9. The van der Waals surface area contributed by atoms with Crippen molar-refractivity contribution in [2.75, 3.05) is 26.7 Å². The predicted octanol–water partition coefficient (Wildman–Crippen LogP) is 6.83. The van der Waals surface area contributed by atoms with Crippen LogP contribution >= 0.6 is 0 Å². The van der Waals surface area contributed by atoms with Gasteiger partial charge >= 0.3 is 0 Å². The van der Waals surface area contributed by atoms with Crippen molar-refractivity contribution in [2.24, 2.45) is 0 Å². The lowest BCUT2D eigenvalue weighted by atomic mass is 9.81. The van der Waals surface area contributed by atoms with Gasteiger partial charge in [-0.15, -0.1) is 0 Å². The molecule has 2 saturated heterocycles. The highest BCUT2D eigenvalue weighted by molar-refractivity contribution is 7.90. The van der Waals surface area contributed by atoms with Gasteiger partial charge in [0.1, 0.15) is 5.75 Å². The number of benzene rings is 2. The number of nitrogens with zero attached hydrogens (tertiary/aromatic N) is 5. The number of allylic oxidation sites excluding steroid dienone is 1. The van der Waals surface area contributed by atoms with E-state index in [1.165, 1.54) is 12.0 Å². The molecular weight excluding hydrogens is 701 g/mol. The normalized spacial score (nSPS) is 20.3. The van der Waals surface area contributed by atoms with E-state index in [4.69, 9.17) is 9.84 Å². The van der Waals surface area contributed by atoms with E-state index >= 15 is 0 Å². The number of hydrogen-bond acceptors (Lipinski definition) is 7. The van der Waals surface area contributed by atoms with Gasteiger partial charge in [0, 0.05) is 53.7 Å². The second kappa shape index (κ2) is 14.0. The Kier molecular flexibility index (Phi) is 9.49. The van der Waals surface area contributed by atoms with Crippen molar-refractivity contribution in [3.63, 3.8) is 0 Å². The van der Waals surface area contributed by atoms with Crippen LogP contribution in [0.1, 0.15) is 115 Å². The van der Waals surface area contributed by atoms with Crippen molar-refractivity contribution in [3.05, 3.63) is 70.0 Å². The number of sulfonamides is 1. The van der Waals surface area contributed by atoms with E-state index in [1.807, 2.05) is 29.8 Å². The van der Waals surface area contributed by atoms with Crippen molar-refractivity contribution >= 4 is 44.4 Å². The molecule has 5 heterocycles. The van der Waals surface area contributed by atoms with Crippen LogP contribution in [-0.2, 0) is 23.1 Å². The molecule has 0 spiro atoms. The molecular formula is C42H52N6O5S. The highest BCUT2D eigenvalue weighted by atomic mass is 32.2. The summed E-state index contributed by atoms with van der Waals surface area (Å²) >= 11 is 0. The lowest BCUT2D eigenvalue weighted by Gasteiger charge is -2.33. The van der Waals surface area contributed by atoms with Crippen molar-refractivity contribution in [1.29, 1.82) is 0 Å². The highest BCUT2D eigenvalue weighted by Gasteiger charge is 2.46. The van der Waals surface area contributed by atoms with Gasteiger partial charge in [-0.1, -0.05) is 32.3 Å². The van der Waals surface area contributed by atoms with Gasteiger partial charge in [0.15, 0.2) is 0 Å². The molecule has 4 aromatic rings. The van der Waals surface area contributed by atoms with Gasteiger partial charge in [0.25, 0.3) is 11.8 Å². The molecule has 1 N–H and O–H groups in total. The second-order valence-corrected chi connectivity index (χ2v) is 18.0. The molecule has 286 valence electrons. The molecule has 2 aromatic carbocycles. The molecule has 0 radical (unpaired) electrons. The van der Waals surface area contributed by atoms with Gasteiger partial charge in [0.05, 0.1) is 41.5 Å². The molecule has 2 amide bonds. The number of methoxy groups -OCH3 is 1. The number of hydrogen-bond donors (Lipinski definition) is 1. The molecule has 12 heteroatoms. The maximum Gasteiger partial charge on any atom is 0.264 e. The van der Waals surface area contributed by atoms with Crippen LogP contribution in [0.15, 0.2) is 36.4 Å². The van der Waals surface area contributed by atoms with Crippen LogP contribution in [0.3, 0.4) is 0 Å². The van der Waals surface area contributed by atoms with Crippen molar-refractivity contribution in [2.45, 2.75) is 109 Å². The first-order valence-electron chi connectivity index (χ1n) is 19.7. The molecule has 4 aliphatic rings. The fraction of sp³-hybridized carbons (Fsp3) is 0.500. The van der Waals surface area contributed by atoms with Crippen molar-refractivity contribution < 1.29 is 22.7 Å². The minimum Gasteiger partial charge on any atom is -0.497 e. The number of carbonyl (C=O) groups excluding carboxylic acids is 2. The van der Waals surface area contributed by atoms with Crippen molar-refractivity contribution in [3.8, 4) is 17.0 Å².